The molecular formula is C12H20N2O. The van der Waals surface area contributed by atoms with Gasteiger partial charge in [0.2, 0.25) is 5.91 Å². The smallest absolute Gasteiger partial charge is 0.223 e. The molecule has 3 fully saturated rings. The van der Waals surface area contributed by atoms with Crippen molar-refractivity contribution in [2.75, 3.05) is 13.1 Å². The van der Waals surface area contributed by atoms with Crippen LogP contribution in [0.15, 0.2) is 0 Å². The Morgan fingerprint density at radius 1 is 1.40 bits per heavy atom. The van der Waals surface area contributed by atoms with Gasteiger partial charge in [-0.25, -0.2) is 0 Å². The second-order valence-electron chi connectivity index (χ2n) is 5.54. The molecule has 3 nitrogen and oxygen atoms in total. The Hall–Kier alpha value is -0.570. The van der Waals surface area contributed by atoms with Crippen molar-refractivity contribution in [1.29, 1.82) is 0 Å². The maximum atomic E-state index is 12.1. The Bertz CT molecular complexity index is 287. The van der Waals surface area contributed by atoms with E-state index in [-0.39, 0.29) is 5.54 Å². The summed E-state index contributed by atoms with van der Waals surface area (Å²) in [4.78, 5) is 14.2. The maximum Gasteiger partial charge on any atom is 0.223 e. The minimum absolute atomic E-state index is 0.101. The van der Waals surface area contributed by atoms with Crippen LogP contribution in [0, 0.1) is 11.8 Å². The lowest BCUT2D eigenvalue weighted by atomic mass is 10.0. The van der Waals surface area contributed by atoms with Gasteiger partial charge in [-0.05, 0) is 43.9 Å². The summed E-state index contributed by atoms with van der Waals surface area (Å²) in [6, 6.07) is 0. The third-order valence-electron chi connectivity index (χ3n) is 4.49. The zero-order chi connectivity index (χ0) is 10.5. The Balaban J connectivity index is 1.69. The fraction of sp³-hybridized carbons (Fsp3) is 0.917. The summed E-state index contributed by atoms with van der Waals surface area (Å²) in [6.45, 7) is 1.63. The molecule has 1 aliphatic heterocycles. The van der Waals surface area contributed by atoms with Crippen LogP contribution in [0.2, 0.25) is 0 Å². The molecule has 2 unspecified atom stereocenters. The molecule has 2 atom stereocenters. The highest BCUT2D eigenvalue weighted by atomic mass is 16.2. The third-order valence-corrected chi connectivity index (χ3v) is 4.49. The Labute approximate surface area is 91.0 Å². The van der Waals surface area contributed by atoms with Crippen molar-refractivity contribution in [1.82, 2.24) is 4.90 Å². The van der Waals surface area contributed by atoms with Crippen molar-refractivity contribution in [2.24, 2.45) is 17.6 Å². The molecule has 1 heterocycles. The second kappa shape index (κ2) is 3.21. The van der Waals surface area contributed by atoms with Gasteiger partial charge in [0.1, 0.15) is 0 Å². The molecule has 1 amide bonds. The van der Waals surface area contributed by atoms with Gasteiger partial charge in [-0.3, -0.25) is 4.79 Å². The highest BCUT2D eigenvalue weighted by molar-refractivity contribution is 5.78. The predicted molar refractivity (Wildman–Crippen MR) is 58.2 cm³/mol. The first-order valence-electron chi connectivity index (χ1n) is 6.27. The Morgan fingerprint density at radius 3 is 2.87 bits per heavy atom. The standard InChI is InChI=1S/C12H20N2O/c13-8-12-7-10(12)2-1-5-14(12)11(15)6-9-3-4-9/h9-10H,1-8,13H2. The Kier molecular flexibility index (Phi) is 2.06. The van der Waals surface area contributed by atoms with Crippen LogP contribution in [0.25, 0.3) is 0 Å². The molecule has 84 valence electrons. The highest BCUT2D eigenvalue weighted by Crippen LogP contribution is 2.53. The van der Waals surface area contributed by atoms with E-state index in [9.17, 15) is 4.79 Å². The summed E-state index contributed by atoms with van der Waals surface area (Å²) in [5.74, 6) is 1.80. The number of nitrogens with two attached hydrogens (primary N) is 1. The molecule has 2 N–H and O–H groups in total. The van der Waals surface area contributed by atoms with E-state index in [1.165, 1.54) is 32.1 Å². The molecule has 0 spiro atoms. The fourth-order valence-corrected chi connectivity index (χ4v) is 3.20. The molecule has 0 aromatic heterocycles. The van der Waals surface area contributed by atoms with Gasteiger partial charge in [0.25, 0.3) is 0 Å². The van der Waals surface area contributed by atoms with Gasteiger partial charge in [-0.2, -0.15) is 0 Å². The van der Waals surface area contributed by atoms with Crippen molar-refractivity contribution in [3.05, 3.63) is 0 Å². The molecule has 0 bridgehead atoms. The molecule has 0 radical (unpaired) electrons. The van der Waals surface area contributed by atoms with E-state index >= 15 is 0 Å². The van der Waals surface area contributed by atoms with Crippen molar-refractivity contribution >= 4 is 5.91 Å². The largest absolute Gasteiger partial charge is 0.335 e. The van der Waals surface area contributed by atoms with Crippen LogP contribution in [0.3, 0.4) is 0 Å². The molecule has 15 heavy (non-hydrogen) atoms. The number of rotatable bonds is 3. The highest BCUT2D eigenvalue weighted by Gasteiger charge is 2.59. The molecular weight excluding hydrogens is 188 g/mol. The van der Waals surface area contributed by atoms with Crippen LogP contribution in [-0.2, 0) is 4.79 Å². The zero-order valence-electron chi connectivity index (χ0n) is 9.24. The summed E-state index contributed by atoms with van der Waals surface area (Å²) < 4.78 is 0. The summed E-state index contributed by atoms with van der Waals surface area (Å²) >= 11 is 0. The molecule has 2 aliphatic carbocycles. The van der Waals surface area contributed by atoms with E-state index in [4.69, 9.17) is 5.73 Å². The molecule has 3 aliphatic rings. The molecule has 1 saturated heterocycles. The van der Waals surface area contributed by atoms with E-state index in [0.29, 0.717) is 18.4 Å². The van der Waals surface area contributed by atoms with E-state index in [1.54, 1.807) is 0 Å². The first-order valence-corrected chi connectivity index (χ1v) is 6.27. The monoisotopic (exact) mass is 208 g/mol. The SMILES string of the molecule is NCC12CC1CCCN2C(=O)CC1CC1. The van der Waals surface area contributed by atoms with Crippen molar-refractivity contribution < 1.29 is 4.79 Å². The number of likely N-dealkylation sites (tertiary alicyclic amines) is 1. The summed E-state index contributed by atoms with van der Waals surface area (Å²) in [5, 5.41) is 0. The van der Waals surface area contributed by atoms with Crippen LogP contribution in [-0.4, -0.2) is 29.4 Å². The van der Waals surface area contributed by atoms with Gasteiger partial charge in [-0.15, -0.1) is 0 Å². The Morgan fingerprint density at radius 2 is 2.20 bits per heavy atom. The van der Waals surface area contributed by atoms with E-state index in [2.05, 4.69) is 4.90 Å². The number of nitrogens with zero attached hydrogens (tertiary/aromatic N) is 1. The minimum atomic E-state index is 0.101. The predicted octanol–water partition coefficient (Wildman–Crippen LogP) is 1.13. The van der Waals surface area contributed by atoms with Gasteiger partial charge in [0.15, 0.2) is 0 Å². The topological polar surface area (TPSA) is 46.3 Å². The maximum absolute atomic E-state index is 12.1. The molecule has 2 saturated carbocycles. The fourth-order valence-electron chi connectivity index (χ4n) is 3.20. The zero-order valence-corrected chi connectivity index (χ0v) is 9.24. The van der Waals surface area contributed by atoms with Crippen LogP contribution >= 0.6 is 0 Å². The molecule has 0 aromatic rings. The summed E-state index contributed by atoms with van der Waals surface area (Å²) in [6.07, 6.45) is 6.94. The number of fused-ring (bicyclic) bond motifs is 1. The van der Waals surface area contributed by atoms with E-state index in [0.717, 1.165) is 18.9 Å². The number of piperidine rings is 1. The summed E-state index contributed by atoms with van der Waals surface area (Å²) in [5.41, 5.74) is 5.96. The first-order chi connectivity index (χ1) is 7.26. The van der Waals surface area contributed by atoms with Gasteiger partial charge in [-0.1, -0.05) is 0 Å². The summed E-state index contributed by atoms with van der Waals surface area (Å²) in [7, 11) is 0. The lowest BCUT2D eigenvalue weighted by Crippen LogP contribution is -2.50. The van der Waals surface area contributed by atoms with Gasteiger partial charge in [0.05, 0.1) is 5.54 Å². The second-order valence-corrected chi connectivity index (χ2v) is 5.54. The van der Waals surface area contributed by atoms with Crippen molar-refractivity contribution in [3.8, 4) is 0 Å². The lowest BCUT2D eigenvalue weighted by Gasteiger charge is -2.36. The molecule has 0 aromatic carbocycles. The van der Waals surface area contributed by atoms with Crippen LogP contribution < -0.4 is 5.73 Å². The lowest BCUT2D eigenvalue weighted by molar-refractivity contribution is -0.136. The average Bonchev–Trinajstić information content (AvgIpc) is 3.10. The van der Waals surface area contributed by atoms with Crippen LogP contribution in [0.4, 0.5) is 0 Å². The molecule has 3 rings (SSSR count). The van der Waals surface area contributed by atoms with Gasteiger partial charge < -0.3 is 10.6 Å². The van der Waals surface area contributed by atoms with Crippen molar-refractivity contribution in [2.45, 2.75) is 44.1 Å². The van der Waals surface area contributed by atoms with Crippen LogP contribution in [0.1, 0.15) is 38.5 Å². The van der Waals surface area contributed by atoms with E-state index in [1.807, 2.05) is 0 Å². The first kappa shape index (κ1) is 9.64. The number of carbonyl (C=O) groups is 1. The normalized spacial score (nSPS) is 38.7. The number of amides is 1. The van der Waals surface area contributed by atoms with E-state index < -0.39 is 0 Å². The van der Waals surface area contributed by atoms with Crippen molar-refractivity contribution in [3.63, 3.8) is 0 Å². The quantitative estimate of drug-likeness (QED) is 0.755. The number of hydrogen-bond donors (Lipinski definition) is 1. The average molecular weight is 208 g/mol. The molecule has 3 heteroatoms. The van der Waals surface area contributed by atoms with Crippen LogP contribution in [0.5, 0.6) is 0 Å². The minimum Gasteiger partial charge on any atom is -0.335 e. The number of hydrogen-bond acceptors (Lipinski definition) is 2. The number of carbonyl (C=O) groups excluding carboxylic acids is 1. The third kappa shape index (κ3) is 1.48. The van der Waals surface area contributed by atoms with Gasteiger partial charge in [0, 0.05) is 19.5 Å². The van der Waals surface area contributed by atoms with Gasteiger partial charge >= 0.3 is 0 Å².